The van der Waals surface area contributed by atoms with Gasteiger partial charge in [0.25, 0.3) is 5.56 Å². The third kappa shape index (κ3) is 2.91. The molecule has 3 rings (SSSR count). The molecule has 2 aromatic carbocycles. The van der Waals surface area contributed by atoms with E-state index in [0.29, 0.717) is 12.2 Å². The van der Waals surface area contributed by atoms with Gasteiger partial charge in [0.05, 0.1) is 12.2 Å². The highest BCUT2D eigenvalue weighted by Crippen LogP contribution is 2.18. The molecule has 4 nitrogen and oxygen atoms in total. The third-order valence-electron chi connectivity index (χ3n) is 3.63. The Morgan fingerprint density at radius 1 is 1.05 bits per heavy atom. The Hall–Kier alpha value is -2.88. The molecule has 0 amide bonds. The number of benzene rings is 2. The van der Waals surface area contributed by atoms with E-state index in [2.05, 4.69) is 5.10 Å². The van der Waals surface area contributed by atoms with Gasteiger partial charge in [-0.25, -0.2) is 4.68 Å². The fraction of sp³-hybridized carbons (Fsp3) is 0.111. The summed E-state index contributed by atoms with van der Waals surface area (Å²) >= 11 is 0. The van der Waals surface area contributed by atoms with Gasteiger partial charge in [0.2, 0.25) is 0 Å². The van der Waals surface area contributed by atoms with Crippen molar-refractivity contribution in [2.75, 3.05) is 5.73 Å². The van der Waals surface area contributed by atoms with Gasteiger partial charge >= 0.3 is 0 Å². The highest BCUT2D eigenvalue weighted by molar-refractivity contribution is 5.63. The second-order valence-electron chi connectivity index (χ2n) is 5.27. The maximum absolute atomic E-state index is 12.1. The Morgan fingerprint density at radius 3 is 2.64 bits per heavy atom. The van der Waals surface area contributed by atoms with Crippen molar-refractivity contribution in [1.82, 2.24) is 9.78 Å². The average molecular weight is 291 g/mol. The first-order valence-corrected chi connectivity index (χ1v) is 7.12. The minimum absolute atomic E-state index is 0.115. The molecule has 22 heavy (non-hydrogen) atoms. The number of aryl methyl sites for hydroxylation is 1. The van der Waals surface area contributed by atoms with Crippen LogP contribution in [0, 0.1) is 6.92 Å². The predicted molar refractivity (Wildman–Crippen MR) is 88.6 cm³/mol. The monoisotopic (exact) mass is 291 g/mol. The summed E-state index contributed by atoms with van der Waals surface area (Å²) in [4.78, 5) is 12.1. The van der Waals surface area contributed by atoms with Crippen molar-refractivity contribution in [3.63, 3.8) is 0 Å². The van der Waals surface area contributed by atoms with E-state index in [1.807, 2.05) is 55.5 Å². The molecule has 1 heterocycles. The van der Waals surface area contributed by atoms with E-state index in [9.17, 15) is 4.79 Å². The summed E-state index contributed by atoms with van der Waals surface area (Å²) < 4.78 is 1.49. The first-order chi connectivity index (χ1) is 10.6. The van der Waals surface area contributed by atoms with Gasteiger partial charge < -0.3 is 5.73 Å². The highest BCUT2D eigenvalue weighted by atomic mass is 16.1. The summed E-state index contributed by atoms with van der Waals surface area (Å²) in [6.45, 7) is 2.49. The van der Waals surface area contributed by atoms with Crippen LogP contribution in [0.25, 0.3) is 11.3 Å². The van der Waals surface area contributed by atoms with Crippen molar-refractivity contribution in [1.29, 1.82) is 0 Å². The number of nitrogen functional groups attached to an aromatic ring is 1. The molecule has 2 N–H and O–H groups in total. The third-order valence-corrected chi connectivity index (χ3v) is 3.63. The van der Waals surface area contributed by atoms with Gasteiger partial charge in [-0.05, 0) is 36.2 Å². The van der Waals surface area contributed by atoms with Gasteiger partial charge in [0.1, 0.15) is 0 Å². The lowest BCUT2D eigenvalue weighted by molar-refractivity contribution is 0.640. The highest BCUT2D eigenvalue weighted by Gasteiger charge is 2.06. The van der Waals surface area contributed by atoms with Gasteiger partial charge in [-0.2, -0.15) is 5.10 Å². The second kappa shape index (κ2) is 5.85. The number of anilines is 1. The van der Waals surface area contributed by atoms with Crippen molar-refractivity contribution in [3.05, 3.63) is 82.1 Å². The van der Waals surface area contributed by atoms with Crippen LogP contribution >= 0.6 is 0 Å². The molecule has 0 saturated carbocycles. The zero-order chi connectivity index (χ0) is 15.5. The molecule has 110 valence electrons. The van der Waals surface area contributed by atoms with Gasteiger partial charge in [-0.15, -0.1) is 0 Å². The fourth-order valence-electron chi connectivity index (χ4n) is 2.36. The van der Waals surface area contributed by atoms with E-state index in [4.69, 9.17) is 5.73 Å². The summed E-state index contributed by atoms with van der Waals surface area (Å²) in [6.07, 6.45) is 0. The zero-order valence-corrected chi connectivity index (χ0v) is 12.4. The van der Waals surface area contributed by atoms with E-state index in [-0.39, 0.29) is 5.56 Å². The van der Waals surface area contributed by atoms with Crippen molar-refractivity contribution in [3.8, 4) is 11.3 Å². The van der Waals surface area contributed by atoms with Gasteiger partial charge in [0.15, 0.2) is 0 Å². The van der Waals surface area contributed by atoms with E-state index in [0.717, 1.165) is 22.4 Å². The summed E-state index contributed by atoms with van der Waals surface area (Å²) in [6, 6.07) is 18.8. The summed E-state index contributed by atoms with van der Waals surface area (Å²) in [7, 11) is 0. The maximum Gasteiger partial charge on any atom is 0.267 e. The lowest BCUT2D eigenvalue weighted by Crippen LogP contribution is -2.23. The average Bonchev–Trinajstić information content (AvgIpc) is 2.51. The molecule has 0 spiro atoms. The maximum atomic E-state index is 12.1. The lowest BCUT2D eigenvalue weighted by atomic mass is 10.1. The molecule has 1 aromatic heterocycles. The Labute approximate surface area is 128 Å². The first-order valence-electron chi connectivity index (χ1n) is 7.12. The molecule has 0 aliphatic rings. The topological polar surface area (TPSA) is 60.9 Å². The summed E-state index contributed by atoms with van der Waals surface area (Å²) in [5.74, 6) is 0. The Kier molecular flexibility index (Phi) is 3.74. The summed E-state index contributed by atoms with van der Waals surface area (Å²) in [5, 5.41) is 4.47. The molecule has 0 atom stereocenters. The van der Waals surface area contributed by atoms with Gasteiger partial charge in [0, 0.05) is 17.3 Å². The van der Waals surface area contributed by atoms with E-state index >= 15 is 0 Å². The second-order valence-corrected chi connectivity index (χ2v) is 5.27. The van der Waals surface area contributed by atoms with Crippen LogP contribution in [0.3, 0.4) is 0 Å². The molecule has 0 bridgehead atoms. The van der Waals surface area contributed by atoms with E-state index in [1.165, 1.54) is 4.68 Å². The van der Waals surface area contributed by atoms with Crippen LogP contribution in [-0.4, -0.2) is 9.78 Å². The SMILES string of the molecule is Cc1ccccc1Cn1nc(-c2cccc(N)c2)ccc1=O. The van der Waals surface area contributed by atoms with Crippen LogP contribution in [0.2, 0.25) is 0 Å². The van der Waals surface area contributed by atoms with Crippen LogP contribution < -0.4 is 11.3 Å². The quantitative estimate of drug-likeness (QED) is 0.755. The van der Waals surface area contributed by atoms with Gasteiger partial charge in [-0.1, -0.05) is 36.4 Å². The van der Waals surface area contributed by atoms with Crippen LogP contribution in [-0.2, 0) is 6.54 Å². The normalized spacial score (nSPS) is 10.6. The molecule has 4 heteroatoms. The number of hydrogen-bond acceptors (Lipinski definition) is 3. The first kappa shape index (κ1) is 14.1. The minimum atomic E-state index is -0.115. The molecule has 0 radical (unpaired) electrons. The van der Waals surface area contributed by atoms with Crippen LogP contribution in [0.5, 0.6) is 0 Å². The van der Waals surface area contributed by atoms with Crippen molar-refractivity contribution in [2.45, 2.75) is 13.5 Å². The number of aromatic nitrogens is 2. The lowest BCUT2D eigenvalue weighted by Gasteiger charge is -2.09. The van der Waals surface area contributed by atoms with E-state index < -0.39 is 0 Å². The van der Waals surface area contributed by atoms with E-state index in [1.54, 1.807) is 12.1 Å². The van der Waals surface area contributed by atoms with Crippen molar-refractivity contribution >= 4 is 5.69 Å². The zero-order valence-electron chi connectivity index (χ0n) is 12.4. The fourth-order valence-corrected chi connectivity index (χ4v) is 2.36. The van der Waals surface area contributed by atoms with Crippen LogP contribution in [0.1, 0.15) is 11.1 Å². The Morgan fingerprint density at radius 2 is 1.86 bits per heavy atom. The Bertz CT molecular complexity index is 868. The molecule has 3 aromatic rings. The standard InChI is InChI=1S/C18H17N3O/c1-13-5-2-3-6-15(13)12-21-18(22)10-9-17(20-21)14-7-4-8-16(19)11-14/h2-11H,12,19H2,1H3. The predicted octanol–water partition coefficient (Wildman–Crippen LogP) is 2.85. The minimum Gasteiger partial charge on any atom is -0.399 e. The van der Waals surface area contributed by atoms with Crippen LogP contribution in [0.15, 0.2) is 65.5 Å². The summed E-state index contributed by atoms with van der Waals surface area (Å²) in [5.41, 5.74) is 10.2. The number of nitrogens with zero attached hydrogens (tertiary/aromatic N) is 2. The largest absolute Gasteiger partial charge is 0.399 e. The molecular formula is C18H17N3O. The molecule has 0 saturated heterocycles. The number of hydrogen-bond donors (Lipinski definition) is 1. The number of nitrogens with two attached hydrogens (primary N) is 1. The van der Waals surface area contributed by atoms with Crippen LogP contribution in [0.4, 0.5) is 5.69 Å². The smallest absolute Gasteiger partial charge is 0.267 e. The van der Waals surface area contributed by atoms with Gasteiger partial charge in [-0.3, -0.25) is 4.79 Å². The van der Waals surface area contributed by atoms with Crippen molar-refractivity contribution in [2.24, 2.45) is 0 Å². The van der Waals surface area contributed by atoms with Crippen molar-refractivity contribution < 1.29 is 0 Å². The molecule has 0 aliphatic carbocycles. The molecular weight excluding hydrogens is 274 g/mol. The Balaban J connectivity index is 2.01. The molecule has 0 aliphatic heterocycles. The number of rotatable bonds is 3. The molecule has 0 unspecified atom stereocenters. The molecule has 0 fully saturated rings.